The molecule has 0 spiro atoms. The highest BCUT2D eigenvalue weighted by Crippen LogP contribution is 2.45. The van der Waals surface area contributed by atoms with Crippen molar-refractivity contribution in [3.63, 3.8) is 0 Å². The Morgan fingerprint density at radius 1 is 1.28 bits per heavy atom. The van der Waals surface area contributed by atoms with Gasteiger partial charge in [0.25, 0.3) is 10.0 Å². The minimum Gasteiger partial charge on any atom is -0.465 e. The number of esters is 1. The van der Waals surface area contributed by atoms with Gasteiger partial charge in [-0.3, -0.25) is 0 Å². The van der Waals surface area contributed by atoms with Crippen LogP contribution in [0.25, 0.3) is 0 Å². The van der Waals surface area contributed by atoms with Gasteiger partial charge in [-0.25, -0.2) is 4.79 Å². The van der Waals surface area contributed by atoms with Crippen molar-refractivity contribution in [1.29, 1.82) is 0 Å². The van der Waals surface area contributed by atoms with Crippen LogP contribution in [0.4, 0.5) is 5.00 Å². The summed E-state index contributed by atoms with van der Waals surface area (Å²) in [5.74, 6) is 0.364. The van der Waals surface area contributed by atoms with Crippen molar-refractivity contribution in [2.75, 3.05) is 12.4 Å². The molecule has 1 aliphatic heterocycles. The number of ether oxygens (including phenoxy) is 1. The molecule has 0 saturated heterocycles. The molecule has 1 aromatic heterocycles. The van der Waals surface area contributed by atoms with Crippen LogP contribution >= 0.6 is 11.3 Å². The smallest absolute Gasteiger partial charge is 0.341 e. The molecule has 2 heterocycles. The molecule has 29 heavy (non-hydrogen) atoms. The van der Waals surface area contributed by atoms with E-state index in [1.54, 1.807) is 18.2 Å². The van der Waals surface area contributed by atoms with Crippen LogP contribution in [0.3, 0.4) is 0 Å². The third-order valence-electron chi connectivity index (χ3n) is 5.74. The van der Waals surface area contributed by atoms with Gasteiger partial charge in [-0.05, 0) is 48.3 Å². The van der Waals surface area contributed by atoms with Crippen LogP contribution in [0, 0.1) is 11.3 Å². The standard InChI is InChI=1S/C21H24N2O4S2/c1-21(2,3)12-9-10-13-15(11-12)28-19(17(13)20(24)27-4)22-18-14-7-5-6-8-16(14)29(25,26)23-18/h5-8,12H,9-11H2,1-4H3,(H,22,23)/t12-/m0/s1. The van der Waals surface area contributed by atoms with Crippen molar-refractivity contribution in [2.24, 2.45) is 15.7 Å². The van der Waals surface area contributed by atoms with E-state index in [1.807, 2.05) is 0 Å². The fraction of sp³-hybridized carbons (Fsp3) is 0.429. The number of anilines is 1. The van der Waals surface area contributed by atoms with Gasteiger partial charge in [0.1, 0.15) is 9.90 Å². The number of carbonyl (C=O) groups is 1. The van der Waals surface area contributed by atoms with Gasteiger partial charge in [-0.1, -0.05) is 32.9 Å². The van der Waals surface area contributed by atoms with Gasteiger partial charge in [0.05, 0.1) is 12.7 Å². The van der Waals surface area contributed by atoms with Gasteiger partial charge in [0, 0.05) is 10.4 Å². The summed E-state index contributed by atoms with van der Waals surface area (Å²) in [4.78, 5) is 13.9. The molecule has 154 valence electrons. The molecule has 0 fully saturated rings. The number of amidine groups is 1. The largest absolute Gasteiger partial charge is 0.465 e. The monoisotopic (exact) mass is 432 g/mol. The van der Waals surface area contributed by atoms with Gasteiger partial charge in [-0.15, -0.1) is 15.7 Å². The number of fused-ring (bicyclic) bond motifs is 2. The normalized spacial score (nSPS) is 19.9. The minimum absolute atomic E-state index is 0.177. The fourth-order valence-electron chi connectivity index (χ4n) is 4.03. The molecule has 0 bridgehead atoms. The molecule has 6 nitrogen and oxygen atoms in total. The number of hydrogen-bond donors (Lipinski definition) is 1. The quantitative estimate of drug-likeness (QED) is 0.717. The lowest BCUT2D eigenvalue weighted by Gasteiger charge is -2.33. The number of benzene rings is 1. The Morgan fingerprint density at radius 3 is 2.69 bits per heavy atom. The van der Waals surface area contributed by atoms with Crippen molar-refractivity contribution in [3.05, 3.63) is 45.8 Å². The maximum Gasteiger partial charge on any atom is 0.341 e. The molecule has 1 N–H and O–H groups in total. The maximum atomic E-state index is 12.6. The summed E-state index contributed by atoms with van der Waals surface area (Å²) in [6.07, 6.45) is 2.71. The zero-order chi connectivity index (χ0) is 21.0. The van der Waals surface area contributed by atoms with Crippen LogP contribution in [0.1, 0.15) is 53.6 Å². The number of nitrogens with zero attached hydrogens (tertiary/aromatic N) is 1. The first-order valence-electron chi connectivity index (χ1n) is 9.56. The van der Waals surface area contributed by atoms with E-state index in [9.17, 15) is 13.2 Å². The Hall–Kier alpha value is -2.19. The van der Waals surface area contributed by atoms with Crippen LogP contribution in [0.2, 0.25) is 0 Å². The lowest BCUT2D eigenvalue weighted by atomic mass is 9.72. The molecule has 4 rings (SSSR count). The number of carbonyl (C=O) groups excluding carboxylic acids is 1. The van der Waals surface area contributed by atoms with Gasteiger partial charge in [-0.2, -0.15) is 8.42 Å². The zero-order valence-corrected chi connectivity index (χ0v) is 18.5. The SMILES string of the molecule is COC(=O)c1c(NC2=NS(=O)(=O)c3ccccc32)sc2c1CC[C@H](C(C)(C)C)C2. The molecule has 1 aliphatic carbocycles. The van der Waals surface area contributed by atoms with E-state index in [1.165, 1.54) is 24.5 Å². The van der Waals surface area contributed by atoms with Crippen molar-refractivity contribution >= 4 is 38.2 Å². The number of thiophene rings is 1. The Labute approximate surface area is 175 Å². The molecule has 1 aromatic carbocycles. The Bertz CT molecular complexity index is 1120. The van der Waals surface area contributed by atoms with E-state index >= 15 is 0 Å². The van der Waals surface area contributed by atoms with Crippen molar-refractivity contribution in [3.8, 4) is 0 Å². The van der Waals surface area contributed by atoms with Crippen molar-refractivity contribution in [1.82, 2.24) is 0 Å². The number of nitrogens with one attached hydrogen (secondary N) is 1. The van der Waals surface area contributed by atoms with Crippen LogP contribution < -0.4 is 5.32 Å². The molecular weight excluding hydrogens is 408 g/mol. The predicted molar refractivity (Wildman–Crippen MR) is 114 cm³/mol. The van der Waals surface area contributed by atoms with Gasteiger partial charge in [0.2, 0.25) is 0 Å². The Kier molecular flexibility index (Phi) is 4.82. The first-order chi connectivity index (χ1) is 13.6. The van der Waals surface area contributed by atoms with E-state index in [0.717, 1.165) is 29.7 Å². The van der Waals surface area contributed by atoms with E-state index in [0.29, 0.717) is 22.0 Å². The van der Waals surface area contributed by atoms with Crippen LogP contribution in [0.5, 0.6) is 0 Å². The maximum absolute atomic E-state index is 12.6. The van der Waals surface area contributed by atoms with Crippen LogP contribution in [-0.2, 0) is 27.6 Å². The number of rotatable bonds is 2. The van der Waals surface area contributed by atoms with Crippen LogP contribution in [0.15, 0.2) is 33.6 Å². The molecule has 0 unspecified atom stereocenters. The summed E-state index contributed by atoms with van der Waals surface area (Å²) < 4.78 is 33.7. The highest BCUT2D eigenvalue weighted by Gasteiger charge is 2.35. The second kappa shape index (κ2) is 6.95. The summed E-state index contributed by atoms with van der Waals surface area (Å²) in [6.45, 7) is 6.73. The number of hydrogen-bond acceptors (Lipinski definition) is 6. The van der Waals surface area contributed by atoms with E-state index in [-0.39, 0.29) is 16.1 Å². The highest BCUT2D eigenvalue weighted by molar-refractivity contribution is 7.90. The van der Waals surface area contributed by atoms with Gasteiger partial charge in [0.15, 0.2) is 5.84 Å². The van der Waals surface area contributed by atoms with E-state index in [4.69, 9.17) is 4.74 Å². The molecule has 0 radical (unpaired) electrons. The summed E-state index contributed by atoms with van der Waals surface area (Å²) in [5.41, 5.74) is 2.22. The highest BCUT2D eigenvalue weighted by atomic mass is 32.2. The molecule has 2 aliphatic rings. The van der Waals surface area contributed by atoms with Crippen molar-refractivity contribution in [2.45, 2.75) is 44.9 Å². The summed E-state index contributed by atoms with van der Waals surface area (Å²) in [6, 6.07) is 6.70. The van der Waals surface area contributed by atoms with E-state index < -0.39 is 16.0 Å². The van der Waals surface area contributed by atoms with Crippen molar-refractivity contribution < 1.29 is 17.9 Å². The van der Waals surface area contributed by atoms with E-state index in [2.05, 4.69) is 30.5 Å². The Balaban J connectivity index is 1.76. The summed E-state index contributed by atoms with van der Waals surface area (Å²) in [7, 11) is -2.36. The first kappa shape index (κ1) is 20.1. The average Bonchev–Trinajstić information content (AvgIpc) is 3.15. The molecule has 1 atom stereocenters. The summed E-state index contributed by atoms with van der Waals surface area (Å²) in [5, 5.41) is 3.73. The molecular formula is C21H24N2O4S2. The third-order valence-corrected chi connectivity index (χ3v) is 8.25. The third kappa shape index (κ3) is 3.48. The summed E-state index contributed by atoms with van der Waals surface area (Å²) >= 11 is 1.50. The fourth-order valence-corrected chi connectivity index (χ4v) is 6.53. The predicted octanol–water partition coefficient (Wildman–Crippen LogP) is 4.25. The Morgan fingerprint density at radius 2 is 2.00 bits per heavy atom. The zero-order valence-electron chi connectivity index (χ0n) is 16.9. The van der Waals surface area contributed by atoms with Crippen LogP contribution in [-0.4, -0.2) is 27.3 Å². The minimum atomic E-state index is -3.73. The lowest BCUT2D eigenvalue weighted by Crippen LogP contribution is -2.26. The number of methoxy groups -OCH3 is 1. The number of sulfonamides is 1. The van der Waals surface area contributed by atoms with Gasteiger partial charge >= 0.3 is 5.97 Å². The first-order valence-corrected chi connectivity index (χ1v) is 11.8. The second-order valence-corrected chi connectivity index (χ2v) is 11.2. The molecule has 0 amide bonds. The average molecular weight is 433 g/mol. The second-order valence-electron chi connectivity index (χ2n) is 8.54. The molecule has 0 saturated carbocycles. The molecule has 2 aromatic rings. The molecule has 8 heteroatoms. The van der Waals surface area contributed by atoms with Gasteiger partial charge < -0.3 is 10.1 Å². The topological polar surface area (TPSA) is 84.8 Å². The lowest BCUT2D eigenvalue weighted by molar-refractivity contribution is 0.0600.